The molecule has 8 bridgehead atoms. The van der Waals surface area contributed by atoms with E-state index in [1.54, 1.807) is 0 Å². The van der Waals surface area contributed by atoms with Crippen LogP contribution in [0.1, 0.15) is 70.2 Å². The number of hydrogen-bond donors (Lipinski definition) is 2. The number of phenols is 2. The van der Waals surface area contributed by atoms with Gasteiger partial charge in [0.1, 0.15) is 23.0 Å². The third-order valence-electron chi connectivity index (χ3n) is 14.4. The van der Waals surface area contributed by atoms with E-state index in [0.717, 1.165) is 88.8 Å². The van der Waals surface area contributed by atoms with Crippen LogP contribution in [0.15, 0.2) is 169 Å². The van der Waals surface area contributed by atoms with Gasteiger partial charge in [0.05, 0.1) is 13.2 Å². The van der Waals surface area contributed by atoms with Crippen molar-refractivity contribution in [3.8, 4) is 56.4 Å². The molecule has 11 rings (SSSR count). The molecule has 332 valence electrons. The van der Waals surface area contributed by atoms with Gasteiger partial charge in [0, 0.05) is 56.2 Å². The van der Waals surface area contributed by atoms with E-state index in [4.69, 9.17) is 9.47 Å². The van der Waals surface area contributed by atoms with Gasteiger partial charge in [-0.1, -0.05) is 169 Å². The summed E-state index contributed by atoms with van der Waals surface area (Å²) in [5, 5.41) is 32.4. The van der Waals surface area contributed by atoms with E-state index < -0.39 is 5.41 Å². The van der Waals surface area contributed by atoms with E-state index in [0.29, 0.717) is 30.3 Å². The highest BCUT2D eigenvalue weighted by molar-refractivity contribution is 6.15. The number of para-hydroxylation sites is 2. The highest BCUT2D eigenvalue weighted by atomic mass is 16.5. The zero-order chi connectivity index (χ0) is 46.2. The minimum atomic E-state index is -0.598. The van der Waals surface area contributed by atoms with Crippen molar-refractivity contribution in [1.29, 1.82) is 0 Å². The second kappa shape index (κ2) is 16.2. The Hall–Kier alpha value is -7.30. The lowest BCUT2D eigenvalue weighted by molar-refractivity contribution is 0.189. The fourth-order valence-electron chi connectivity index (χ4n) is 10.7. The minimum Gasteiger partial charge on any atom is -0.507 e. The molecule has 0 amide bonds. The Kier molecular flexibility index (Phi) is 10.3. The van der Waals surface area contributed by atoms with Crippen molar-refractivity contribution < 1.29 is 19.7 Å². The first-order valence-electron chi connectivity index (χ1n) is 23.7. The molecule has 8 aromatic rings. The summed E-state index contributed by atoms with van der Waals surface area (Å²) in [6.45, 7) is 14.2. The van der Waals surface area contributed by atoms with Crippen LogP contribution < -0.4 is 19.9 Å². The molecule has 0 saturated heterocycles. The summed E-state index contributed by atoms with van der Waals surface area (Å²) in [6.07, 6.45) is 9.89. The van der Waals surface area contributed by atoms with Gasteiger partial charge in [-0.2, -0.15) is 0 Å². The quantitative estimate of drug-likeness (QED) is 0.161. The zero-order valence-corrected chi connectivity index (χ0v) is 39.2. The molecule has 0 fully saturated rings. The summed E-state index contributed by atoms with van der Waals surface area (Å²) in [5.41, 5.74) is 10.4. The first kappa shape index (κ1) is 42.3. The maximum Gasteiger partial charge on any atom is 0.131 e. The average Bonchev–Trinajstić information content (AvgIpc) is 3.33. The lowest BCUT2D eigenvalue weighted by atomic mass is 9.72. The number of phenolic OH excluding ortho intramolecular Hbond substituents is 2. The van der Waals surface area contributed by atoms with Gasteiger partial charge in [0.2, 0.25) is 0 Å². The molecule has 1 heterocycles. The van der Waals surface area contributed by atoms with Crippen LogP contribution in [0.4, 0.5) is 0 Å². The van der Waals surface area contributed by atoms with E-state index in [2.05, 4.69) is 169 Å². The largest absolute Gasteiger partial charge is 0.507 e. The van der Waals surface area contributed by atoms with E-state index >= 15 is 0 Å². The number of benzene rings is 8. The fraction of sp³-hybridized carbons (Fsp3) is 0.206. The fourth-order valence-corrected chi connectivity index (χ4v) is 10.7. The summed E-state index contributed by atoms with van der Waals surface area (Å²) in [7, 11) is 0. The first-order chi connectivity index (χ1) is 32.4. The van der Waals surface area contributed by atoms with Gasteiger partial charge < -0.3 is 19.7 Å². The number of aromatic hydroxyl groups is 2. The average molecular weight is 877 g/mol. The number of fused-ring (bicyclic) bond motifs is 13. The molecular weight excluding hydrogens is 821 g/mol. The maximum absolute atomic E-state index is 13.0. The van der Waals surface area contributed by atoms with Gasteiger partial charge in [-0.15, -0.1) is 0 Å². The molecule has 0 aromatic heterocycles. The maximum atomic E-state index is 13.0. The Bertz CT molecular complexity index is 3510. The molecule has 2 atom stereocenters. The molecule has 0 radical (unpaired) electrons. The number of allylic oxidation sites excluding steroid dienone is 4. The predicted molar refractivity (Wildman–Crippen MR) is 277 cm³/mol. The molecule has 4 nitrogen and oxygen atoms in total. The lowest BCUT2D eigenvalue weighted by Crippen LogP contribution is -2.34. The van der Waals surface area contributed by atoms with Crippen LogP contribution in [0.5, 0.6) is 23.0 Å². The van der Waals surface area contributed by atoms with Gasteiger partial charge in [-0.05, 0) is 114 Å². The molecule has 4 heteroatoms. The topological polar surface area (TPSA) is 58.9 Å². The second-order valence-electron chi connectivity index (χ2n) is 20.3. The van der Waals surface area contributed by atoms with Crippen molar-refractivity contribution >= 4 is 33.2 Å². The monoisotopic (exact) mass is 876 g/mol. The van der Waals surface area contributed by atoms with Crippen LogP contribution >= 0.6 is 0 Å². The third-order valence-corrected chi connectivity index (χ3v) is 14.4. The van der Waals surface area contributed by atoms with Crippen molar-refractivity contribution in [2.75, 3.05) is 13.2 Å². The van der Waals surface area contributed by atoms with Gasteiger partial charge in [-0.25, -0.2) is 0 Å². The Labute approximate surface area is 393 Å². The van der Waals surface area contributed by atoms with Crippen LogP contribution in [0, 0.1) is 11.8 Å². The smallest absolute Gasteiger partial charge is 0.131 e. The standard InChI is InChI=1S/C63H56O4/c1-38-36-66-56-28-15-13-24-47(56)51-32-42(62(2,3)4)33-53(60(51)64)59-46-23-12-9-20-41(46)31-50-49(59)26-17-27-55(50)63(5,6)43-34-52(48-25-14-16-29-57(48)67-37-38)61(65)54(35-43)58-44-21-10-7-18-39(44)30-40-19-8-11-22-45(40)58/h7-18,20-35,38,40,64-65H,19,36-37H2,1-6H3. The normalized spacial score (nSPS) is 17.5. The molecule has 3 aliphatic rings. The van der Waals surface area contributed by atoms with Gasteiger partial charge in [0.15, 0.2) is 0 Å². The molecule has 0 saturated carbocycles. The number of hydrogen-bond acceptors (Lipinski definition) is 4. The Morgan fingerprint density at radius 1 is 0.597 bits per heavy atom. The summed E-state index contributed by atoms with van der Waals surface area (Å²) in [6, 6.07) is 51.0. The van der Waals surface area contributed by atoms with E-state index in [1.807, 2.05) is 42.5 Å². The van der Waals surface area contributed by atoms with Crippen LogP contribution in [0.25, 0.3) is 66.6 Å². The third kappa shape index (κ3) is 7.22. The summed E-state index contributed by atoms with van der Waals surface area (Å²) < 4.78 is 13.5. The zero-order valence-electron chi connectivity index (χ0n) is 39.2. The van der Waals surface area contributed by atoms with Crippen molar-refractivity contribution in [2.24, 2.45) is 11.8 Å². The highest BCUT2D eigenvalue weighted by Gasteiger charge is 2.33. The lowest BCUT2D eigenvalue weighted by Gasteiger charge is -2.32. The summed E-state index contributed by atoms with van der Waals surface area (Å²) in [4.78, 5) is 0. The van der Waals surface area contributed by atoms with Gasteiger partial charge in [-0.3, -0.25) is 0 Å². The van der Waals surface area contributed by atoms with E-state index in [1.165, 1.54) is 10.8 Å². The van der Waals surface area contributed by atoms with Crippen LogP contribution in [0.3, 0.4) is 0 Å². The molecule has 8 aromatic carbocycles. The van der Waals surface area contributed by atoms with E-state index in [-0.39, 0.29) is 28.7 Å². The Morgan fingerprint density at radius 2 is 1.21 bits per heavy atom. The second-order valence-corrected chi connectivity index (χ2v) is 20.3. The molecular formula is C63H56O4. The van der Waals surface area contributed by atoms with Crippen LogP contribution in [-0.4, -0.2) is 23.4 Å². The molecule has 67 heavy (non-hydrogen) atoms. The van der Waals surface area contributed by atoms with Crippen molar-refractivity contribution in [2.45, 2.75) is 58.8 Å². The van der Waals surface area contributed by atoms with Crippen molar-refractivity contribution in [3.63, 3.8) is 0 Å². The molecule has 2 aliphatic carbocycles. The highest BCUT2D eigenvalue weighted by Crippen LogP contribution is 2.51. The Morgan fingerprint density at radius 3 is 1.96 bits per heavy atom. The molecule has 1 aliphatic heterocycles. The van der Waals surface area contributed by atoms with Crippen LogP contribution in [-0.2, 0) is 10.8 Å². The Balaban J connectivity index is 1.25. The van der Waals surface area contributed by atoms with Gasteiger partial charge >= 0.3 is 0 Å². The molecule has 2 unspecified atom stereocenters. The summed E-state index contributed by atoms with van der Waals surface area (Å²) in [5.74, 6) is 2.01. The molecule has 0 spiro atoms. The number of rotatable bonds is 1. The van der Waals surface area contributed by atoms with Gasteiger partial charge in [0.25, 0.3) is 0 Å². The minimum absolute atomic E-state index is 0.00558. The van der Waals surface area contributed by atoms with Crippen LogP contribution in [0.2, 0.25) is 0 Å². The van der Waals surface area contributed by atoms with Crippen molar-refractivity contribution in [1.82, 2.24) is 0 Å². The summed E-state index contributed by atoms with van der Waals surface area (Å²) >= 11 is 0. The first-order valence-corrected chi connectivity index (χ1v) is 23.7. The SMILES string of the molecule is CC1COc2ccccc2-c2cc(cc(C3=c4ccccc4=CC4CC=CC=C34)c2O)C(C)(C)c2cccc3c(c4ccccc4cc23)-c2cc(C(C)(C)C)cc(c2O)-c2ccccc2OC1. The molecule has 2 N–H and O–H groups in total. The van der Waals surface area contributed by atoms with Crippen molar-refractivity contribution in [3.05, 3.63) is 202 Å². The van der Waals surface area contributed by atoms with E-state index in [9.17, 15) is 10.2 Å². The number of ether oxygens (including phenoxy) is 2. The predicted octanol–water partition coefficient (Wildman–Crippen LogP) is 13.9.